The molecule has 1 aromatic rings. The number of hydrogen-bond donors (Lipinski definition) is 1. The number of nitrogens with one attached hydrogen (secondary N) is 1. The zero-order chi connectivity index (χ0) is 14.5. The third-order valence-corrected chi connectivity index (χ3v) is 3.99. The zero-order valence-corrected chi connectivity index (χ0v) is 12.7. The molecule has 3 nitrogen and oxygen atoms in total. The molecule has 1 N–H and O–H groups in total. The van der Waals surface area contributed by atoms with Crippen molar-refractivity contribution in [1.82, 2.24) is 4.90 Å². The first-order valence-electron chi connectivity index (χ1n) is 7.47. The van der Waals surface area contributed by atoms with E-state index in [4.69, 9.17) is 4.74 Å². The molecule has 1 fully saturated rings. The molecular weight excluding hydrogens is 255 g/mol. The number of likely N-dealkylation sites (tertiary alicyclic amines) is 1. The summed E-state index contributed by atoms with van der Waals surface area (Å²) >= 11 is 0. The van der Waals surface area contributed by atoms with Gasteiger partial charge in [0.25, 0.3) is 0 Å². The number of hydrogen-bond acceptors (Lipinski definition) is 3. The largest absolute Gasteiger partial charge is 0.492 e. The van der Waals surface area contributed by atoms with Crippen molar-refractivity contribution in [3.63, 3.8) is 0 Å². The highest BCUT2D eigenvalue weighted by Gasteiger charge is 2.23. The molecule has 0 spiro atoms. The summed E-state index contributed by atoms with van der Waals surface area (Å²) in [4.78, 5) is 2.38. The van der Waals surface area contributed by atoms with Crippen LogP contribution in [0, 0.1) is 11.7 Å². The van der Waals surface area contributed by atoms with Crippen LogP contribution in [0.3, 0.4) is 0 Å². The molecule has 20 heavy (non-hydrogen) atoms. The molecule has 0 saturated carbocycles. The lowest BCUT2D eigenvalue weighted by atomic mass is 9.91. The summed E-state index contributed by atoms with van der Waals surface area (Å²) in [6, 6.07) is 5.04. The summed E-state index contributed by atoms with van der Waals surface area (Å²) < 4.78 is 18.8. The highest BCUT2D eigenvalue weighted by molar-refractivity contribution is 5.57. The fourth-order valence-corrected chi connectivity index (χ4v) is 2.87. The van der Waals surface area contributed by atoms with Gasteiger partial charge in [-0.15, -0.1) is 0 Å². The maximum Gasteiger partial charge on any atom is 0.145 e. The van der Waals surface area contributed by atoms with E-state index in [1.165, 1.54) is 31.5 Å². The highest BCUT2D eigenvalue weighted by atomic mass is 19.1. The van der Waals surface area contributed by atoms with E-state index in [-0.39, 0.29) is 5.82 Å². The van der Waals surface area contributed by atoms with Crippen molar-refractivity contribution in [2.45, 2.75) is 32.7 Å². The smallest absolute Gasteiger partial charge is 0.145 e. The van der Waals surface area contributed by atoms with Crippen LogP contribution in [-0.2, 0) is 0 Å². The van der Waals surface area contributed by atoms with Gasteiger partial charge in [-0.2, -0.15) is 0 Å². The van der Waals surface area contributed by atoms with E-state index in [9.17, 15) is 4.39 Å². The number of anilines is 1. The SMILES string of the molecule is CCOc1cc(F)ccc1NC(C)C1CCCN(C)C1. The Morgan fingerprint density at radius 2 is 2.30 bits per heavy atom. The van der Waals surface area contributed by atoms with E-state index in [1.807, 2.05) is 6.92 Å². The maximum absolute atomic E-state index is 13.3. The molecule has 1 aromatic carbocycles. The van der Waals surface area contributed by atoms with Crippen LogP contribution in [0.4, 0.5) is 10.1 Å². The van der Waals surface area contributed by atoms with Crippen LogP contribution in [0.2, 0.25) is 0 Å². The highest BCUT2D eigenvalue weighted by Crippen LogP contribution is 2.28. The first kappa shape index (κ1) is 15.1. The van der Waals surface area contributed by atoms with E-state index in [2.05, 4.69) is 24.2 Å². The molecule has 1 aliphatic rings. The molecule has 1 aliphatic heterocycles. The Hall–Kier alpha value is -1.29. The third-order valence-electron chi connectivity index (χ3n) is 3.99. The second-order valence-corrected chi connectivity index (χ2v) is 5.67. The van der Waals surface area contributed by atoms with Gasteiger partial charge >= 0.3 is 0 Å². The quantitative estimate of drug-likeness (QED) is 0.895. The fraction of sp³-hybridized carbons (Fsp3) is 0.625. The van der Waals surface area contributed by atoms with Crippen LogP contribution in [0.25, 0.3) is 0 Å². The summed E-state index contributed by atoms with van der Waals surface area (Å²) in [6.45, 7) is 6.94. The lowest BCUT2D eigenvalue weighted by Crippen LogP contribution is -2.39. The minimum Gasteiger partial charge on any atom is -0.492 e. The number of rotatable bonds is 5. The Morgan fingerprint density at radius 3 is 3.00 bits per heavy atom. The third kappa shape index (κ3) is 3.85. The molecule has 0 aliphatic carbocycles. The molecule has 0 amide bonds. The van der Waals surface area contributed by atoms with Crippen molar-refractivity contribution in [2.24, 2.45) is 5.92 Å². The van der Waals surface area contributed by atoms with Gasteiger partial charge in [-0.3, -0.25) is 0 Å². The minimum atomic E-state index is -0.260. The van der Waals surface area contributed by atoms with E-state index >= 15 is 0 Å². The lowest BCUT2D eigenvalue weighted by molar-refractivity contribution is 0.197. The van der Waals surface area contributed by atoms with Crippen molar-refractivity contribution >= 4 is 5.69 Å². The van der Waals surface area contributed by atoms with Gasteiger partial charge in [0, 0.05) is 18.7 Å². The molecule has 2 unspecified atom stereocenters. The Balaban J connectivity index is 2.04. The average molecular weight is 280 g/mol. The van der Waals surface area contributed by atoms with Gasteiger partial charge in [0.2, 0.25) is 0 Å². The Bertz CT molecular complexity index is 438. The summed E-state index contributed by atoms with van der Waals surface area (Å²) in [7, 11) is 2.17. The second-order valence-electron chi connectivity index (χ2n) is 5.67. The van der Waals surface area contributed by atoms with Crippen LogP contribution < -0.4 is 10.1 Å². The summed E-state index contributed by atoms with van der Waals surface area (Å²) in [5.41, 5.74) is 0.883. The minimum absolute atomic E-state index is 0.260. The van der Waals surface area contributed by atoms with E-state index < -0.39 is 0 Å². The monoisotopic (exact) mass is 280 g/mol. The number of halogens is 1. The molecule has 1 heterocycles. The van der Waals surface area contributed by atoms with Crippen molar-refractivity contribution in [1.29, 1.82) is 0 Å². The van der Waals surface area contributed by atoms with Crippen LogP contribution in [0.15, 0.2) is 18.2 Å². The predicted molar refractivity (Wildman–Crippen MR) is 80.9 cm³/mol. The number of nitrogens with zero attached hydrogens (tertiary/aromatic N) is 1. The van der Waals surface area contributed by atoms with Crippen LogP contribution in [-0.4, -0.2) is 37.7 Å². The van der Waals surface area contributed by atoms with E-state index in [0.29, 0.717) is 24.3 Å². The van der Waals surface area contributed by atoms with Crippen molar-refractivity contribution in [3.05, 3.63) is 24.0 Å². The molecular formula is C16H25FN2O. The zero-order valence-electron chi connectivity index (χ0n) is 12.7. The Morgan fingerprint density at radius 1 is 1.50 bits per heavy atom. The van der Waals surface area contributed by atoms with E-state index in [0.717, 1.165) is 12.2 Å². The van der Waals surface area contributed by atoms with Gasteiger partial charge in [0.15, 0.2) is 0 Å². The van der Waals surface area contributed by atoms with E-state index in [1.54, 1.807) is 6.07 Å². The molecule has 2 rings (SSSR count). The number of ether oxygens (including phenoxy) is 1. The van der Waals surface area contributed by atoms with Gasteiger partial charge in [-0.25, -0.2) is 4.39 Å². The molecule has 2 atom stereocenters. The van der Waals surface area contributed by atoms with Gasteiger partial charge in [0.1, 0.15) is 11.6 Å². The molecule has 4 heteroatoms. The fourth-order valence-electron chi connectivity index (χ4n) is 2.87. The summed E-state index contributed by atoms with van der Waals surface area (Å²) in [5.74, 6) is 0.959. The summed E-state index contributed by atoms with van der Waals surface area (Å²) in [5, 5.41) is 3.49. The van der Waals surface area contributed by atoms with Crippen molar-refractivity contribution < 1.29 is 9.13 Å². The molecule has 0 radical (unpaired) electrons. The predicted octanol–water partition coefficient (Wildman–Crippen LogP) is 3.37. The van der Waals surface area contributed by atoms with Crippen molar-refractivity contribution in [2.75, 3.05) is 32.1 Å². The topological polar surface area (TPSA) is 24.5 Å². The molecule has 1 saturated heterocycles. The Kier molecular flexibility index (Phi) is 5.24. The number of benzene rings is 1. The standard InChI is InChI=1S/C16H25FN2O/c1-4-20-16-10-14(17)7-8-15(16)18-12(2)13-6-5-9-19(3)11-13/h7-8,10,12-13,18H,4-6,9,11H2,1-3H3. The van der Waals surface area contributed by atoms with Gasteiger partial charge in [-0.05, 0) is 58.3 Å². The first-order chi connectivity index (χ1) is 9.60. The van der Waals surface area contributed by atoms with Gasteiger partial charge < -0.3 is 15.0 Å². The number of piperidine rings is 1. The first-order valence-corrected chi connectivity index (χ1v) is 7.47. The van der Waals surface area contributed by atoms with Crippen molar-refractivity contribution in [3.8, 4) is 5.75 Å². The molecule has 112 valence electrons. The average Bonchev–Trinajstić information content (AvgIpc) is 2.42. The van der Waals surface area contributed by atoms with Crippen LogP contribution in [0.5, 0.6) is 5.75 Å². The lowest BCUT2D eigenvalue weighted by Gasteiger charge is -2.34. The van der Waals surface area contributed by atoms with Crippen LogP contribution >= 0.6 is 0 Å². The van der Waals surface area contributed by atoms with Gasteiger partial charge in [0.05, 0.1) is 12.3 Å². The Labute approximate surface area is 121 Å². The van der Waals surface area contributed by atoms with Crippen LogP contribution in [0.1, 0.15) is 26.7 Å². The second kappa shape index (κ2) is 6.93. The van der Waals surface area contributed by atoms with Gasteiger partial charge in [-0.1, -0.05) is 0 Å². The normalized spacial score (nSPS) is 21.5. The maximum atomic E-state index is 13.3. The summed E-state index contributed by atoms with van der Waals surface area (Å²) in [6.07, 6.45) is 2.48. The molecule has 0 bridgehead atoms. The molecule has 0 aromatic heterocycles.